The molecular formula is C21H28FN6O5P. The number of halogens is 1. The van der Waals surface area contributed by atoms with Crippen LogP contribution in [0.2, 0.25) is 0 Å². The largest absolute Gasteiger partial charge is 0.462 e. The van der Waals surface area contributed by atoms with Gasteiger partial charge < -0.3 is 19.7 Å². The van der Waals surface area contributed by atoms with Gasteiger partial charge in [-0.25, -0.2) is 19.4 Å². The summed E-state index contributed by atoms with van der Waals surface area (Å²) in [6.07, 6.45) is 1.05. The fourth-order valence-electron chi connectivity index (χ4n) is 3.05. The standard InChI is InChI=1S/C21H28FN6O5P/c1-14(2)32-20(29)15(3)27-34(30,33-17-7-5-4-6-8-17)13-31-18(10-22)9-16-11-26-28-19(16)24-12-25-21(28)23/h4-8,11-12,14-15,18H,9-10,13H2,1-3H3,(H,27,30)(H2,23,24,25)/t15-,18+,34?/m0/s1. The van der Waals surface area contributed by atoms with Crippen molar-refractivity contribution in [1.29, 1.82) is 0 Å². The summed E-state index contributed by atoms with van der Waals surface area (Å²) in [4.78, 5) is 20.2. The first-order valence-corrected chi connectivity index (χ1v) is 12.4. The fourth-order valence-corrected chi connectivity index (χ4v) is 4.80. The predicted molar refractivity (Wildman–Crippen MR) is 123 cm³/mol. The van der Waals surface area contributed by atoms with Gasteiger partial charge in [-0.05, 0) is 32.9 Å². The molecule has 0 spiro atoms. The van der Waals surface area contributed by atoms with Crippen LogP contribution >= 0.6 is 7.52 Å². The zero-order valence-electron chi connectivity index (χ0n) is 19.1. The number of alkyl halides is 1. The van der Waals surface area contributed by atoms with Gasteiger partial charge in [-0.1, -0.05) is 18.2 Å². The number of nitrogens with two attached hydrogens (primary N) is 1. The SMILES string of the molecule is CC(C)OC(=O)[C@H](C)NP(=O)(CO[C@@H](CF)Cc1cnn2c(N)ncnc12)Oc1ccccc1. The number of carbonyl (C=O) groups is 1. The van der Waals surface area contributed by atoms with Crippen LogP contribution in [0.1, 0.15) is 26.3 Å². The second-order valence-electron chi connectivity index (χ2n) is 7.83. The van der Waals surface area contributed by atoms with E-state index >= 15 is 0 Å². The van der Waals surface area contributed by atoms with E-state index in [9.17, 15) is 13.8 Å². The van der Waals surface area contributed by atoms with Crippen LogP contribution in [-0.2, 0) is 25.3 Å². The Morgan fingerprint density at radius 3 is 2.65 bits per heavy atom. The second kappa shape index (κ2) is 11.4. The number of nitrogens with one attached hydrogen (secondary N) is 1. The van der Waals surface area contributed by atoms with E-state index in [4.69, 9.17) is 19.7 Å². The molecule has 3 rings (SSSR count). The summed E-state index contributed by atoms with van der Waals surface area (Å²) in [5, 5.41) is 6.78. The van der Waals surface area contributed by atoms with Gasteiger partial charge in [0, 0.05) is 12.0 Å². The Morgan fingerprint density at radius 2 is 1.97 bits per heavy atom. The molecule has 13 heteroatoms. The number of nitrogen functional groups attached to an aromatic ring is 1. The number of rotatable bonds is 12. The minimum atomic E-state index is -3.81. The first kappa shape index (κ1) is 25.5. The molecule has 0 saturated heterocycles. The van der Waals surface area contributed by atoms with Crippen molar-refractivity contribution in [2.45, 2.75) is 45.4 Å². The highest BCUT2D eigenvalue weighted by atomic mass is 31.2. The van der Waals surface area contributed by atoms with Crippen molar-refractivity contribution in [3.05, 3.63) is 48.4 Å². The van der Waals surface area contributed by atoms with E-state index in [1.165, 1.54) is 24.0 Å². The molecule has 0 radical (unpaired) electrons. The van der Waals surface area contributed by atoms with Crippen LogP contribution in [0.4, 0.5) is 10.3 Å². The van der Waals surface area contributed by atoms with Crippen LogP contribution < -0.4 is 15.3 Å². The van der Waals surface area contributed by atoms with Crippen molar-refractivity contribution >= 4 is 25.1 Å². The molecule has 0 amide bonds. The Morgan fingerprint density at radius 1 is 1.24 bits per heavy atom. The van der Waals surface area contributed by atoms with E-state index in [1.807, 2.05) is 0 Å². The lowest BCUT2D eigenvalue weighted by Gasteiger charge is -2.25. The predicted octanol–water partition coefficient (Wildman–Crippen LogP) is 2.76. The number of benzene rings is 1. The van der Waals surface area contributed by atoms with Gasteiger partial charge in [0.15, 0.2) is 5.65 Å². The first-order valence-electron chi connectivity index (χ1n) is 10.6. The van der Waals surface area contributed by atoms with Gasteiger partial charge in [0.05, 0.1) is 18.4 Å². The Labute approximate surface area is 196 Å². The number of fused-ring (bicyclic) bond motifs is 1. The summed E-state index contributed by atoms with van der Waals surface area (Å²) < 4.78 is 45.3. The van der Waals surface area contributed by atoms with Crippen molar-refractivity contribution in [2.24, 2.45) is 0 Å². The highest BCUT2D eigenvalue weighted by molar-refractivity contribution is 7.57. The topological polar surface area (TPSA) is 143 Å². The normalized spacial score (nSPS) is 15.1. The minimum absolute atomic E-state index is 0.0900. The van der Waals surface area contributed by atoms with Gasteiger partial charge in [-0.2, -0.15) is 9.61 Å². The molecule has 11 nitrogen and oxygen atoms in total. The molecule has 184 valence electrons. The monoisotopic (exact) mass is 494 g/mol. The molecule has 3 aromatic rings. The number of para-hydroxylation sites is 1. The maximum absolute atomic E-state index is 13.8. The molecule has 0 aliphatic carbocycles. The van der Waals surface area contributed by atoms with Crippen molar-refractivity contribution in [3.8, 4) is 5.75 Å². The summed E-state index contributed by atoms with van der Waals surface area (Å²) in [5.41, 5.74) is 6.77. The highest BCUT2D eigenvalue weighted by Gasteiger charge is 2.32. The smallest absolute Gasteiger partial charge is 0.342 e. The Bertz CT molecular complexity index is 1150. The van der Waals surface area contributed by atoms with E-state index in [0.29, 0.717) is 17.0 Å². The lowest BCUT2D eigenvalue weighted by atomic mass is 10.1. The number of carbonyl (C=O) groups excluding carboxylic acids is 1. The maximum Gasteiger partial charge on any atom is 0.342 e. The number of ether oxygens (including phenoxy) is 2. The average molecular weight is 494 g/mol. The summed E-state index contributed by atoms with van der Waals surface area (Å²) in [6.45, 7) is 4.05. The van der Waals surface area contributed by atoms with Gasteiger partial charge in [0.25, 0.3) is 0 Å². The third-order valence-electron chi connectivity index (χ3n) is 4.60. The molecule has 0 fully saturated rings. The van der Waals surface area contributed by atoms with Crippen LogP contribution in [0.5, 0.6) is 5.75 Å². The van der Waals surface area contributed by atoms with E-state index in [0.717, 1.165) is 0 Å². The average Bonchev–Trinajstić information content (AvgIpc) is 3.20. The number of hydrogen-bond acceptors (Lipinski definition) is 9. The summed E-state index contributed by atoms with van der Waals surface area (Å²) in [6, 6.07) is 7.46. The van der Waals surface area contributed by atoms with Crippen LogP contribution in [0.25, 0.3) is 5.65 Å². The molecule has 34 heavy (non-hydrogen) atoms. The molecule has 0 saturated carbocycles. The van der Waals surface area contributed by atoms with Crippen molar-refractivity contribution in [2.75, 3.05) is 18.8 Å². The molecule has 0 aliphatic rings. The van der Waals surface area contributed by atoms with Crippen LogP contribution in [0.15, 0.2) is 42.9 Å². The van der Waals surface area contributed by atoms with E-state index in [1.54, 1.807) is 44.2 Å². The molecule has 1 aromatic carbocycles. The third-order valence-corrected chi connectivity index (χ3v) is 6.37. The van der Waals surface area contributed by atoms with Gasteiger partial charge in [0.2, 0.25) is 5.95 Å². The molecule has 2 heterocycles. The number of nitrogens with zero attached hydrogens (tertiary/aromatic N) is 4. The Hall–Kier alpha value is -3.08. The van der Waals surface area contributed by atoms with E-state index < -0.39 is 38.7 Å². The first-order chi connectivity index (χ1) is 16.2. The van der Waals surface area contributed by atoms with Crippen molar-refractivity contribution < 1.29 is 27.7 Å². The highest BCUT2D eigenvalue weighted by Crippen LogP contribution is 2.44. The Balaban J connectivity index is 1.74. The summed E-state index contributed by atoms with van der Waals surface area (Å²) in [7, 11) is -3.81. The lowest BCUT2D eigenvalue weighted by Crippen LogP contribution is -2.37. The zero-order chi connectivity index (χ0) is 24.7. The fraction of sp³-hybridized carbons (Fsp3) is 0.429. The van der Waals surface area contributed by atoms with Crippen molar-refractivity contribution in [1.82, 2.24) is 24.7 Å². The molecular weight excluding hydrogens is 466 g/mol. The summed E-state index contributed by atoms with van der Waals surface area (Å²) >= 11 is 0. The van der Waals surface area contributed by atoms with Crippen LogP contribution in [-0.4, -0.2) is 56.8 Å². The van der Waals surface area contributed by atoms with Crippen molar-refractivity contribution in [3.63, 3.8) is 0 Å². The third kappa shape index (κ3) is 6.72. The van der Waals surface area contributed by atoms with Gasteiger partial charge >= 0.3 is 13.5 Å². The number of hydrogen-bond donors (Lipinski definition) is 2. The molecule has 1 unspecified atom stereocenters. The zero-order valence-corrected chi connectivity index (χ0v) is 20.0. The van der Waals surface area contributed by atoms with Crippen LogP contribution in [0.3, 0.4) is 0 Å². The lowest BCUT2D eigenvalue weighted by molar-refractivity contribution is -0.149. The molecule has 0 aliphatic heterocycles. The minimum Gasteiger partial charge on any atom is -0.462 e. The molecule has 2 aromatic heterocycles. The van der Waals surface area contributed by atoms with E-state index in [-0.39, 0.29) is 18.5 Å². The summed E-state index contributed by atoms with van der Waals surface area (Å²) in [5.74, 6) is -0.156. The van der Waals surface area contributed by atoms with Gasteiger partial charge in [0.1, 0.15) is 31.1 Å². The quantitative estimate of drug-likeness (QED) is 0.285. The van der Waals surface area contributed by atoms with Gasteiger partial charge in [-0.15, -0.1) is 0 Å². The molecule has 3 N–H and O–H groups in total. The van der Waals surface area contributed by atoms with E-state index in [2.05, 4.69) is 20.2 Å². The second-order valence-corrected chi connectivity index (χ2v) is 9.87. The number of aromatic nitrogens is 4. The van der Waals surface area contributed by atoms with Gasteiger partial charge in [-0.3, -0.25) is 9.36 Å². The van der Waals surface area contributed by atoms with Crippen LogP contribution in [0, 0.1) is 0 Å². The number of anilines is 1. The molecule has 0 bridgehead atoms. The molecule has 3 atom stereocenters. The Kier molecular flexibility index (Phi) is 8.54. The number of esters is 1. The maximum atomic E-state index is 13.8.